The molecule has 2 aromatic rings. The summed E-state index contributed by atoms with van der Waals surface area (Å²) in [6, 6.07) is 13.1. The molecule has 11 nitrogen and oxygen atoms in total. The molecule has 1 aliphatic heterocycles. The van der Waals surface area contributed by atoms with Crippen LogP contribution in [0.1, 0.15) is 44.7 Å². The second-order valence-corrected chi connectivity index (χ2v) is 10.4. The van der Waals surface area contributed by atoms with Crippen molar-refractivity contribution >= 4 is 29.8 Å². The first-order chi connectivity index (χ1) is 18.5. The van der Waals surface area contributed by atoms with Crippen molar-refractivity contribution in [3.63, 3.8) is 0 Å². The minimum absolute atomic E-state index is 0.0153. The molecule has 1 aliphatic rings. The summed E-state index contributed by atoms with van der Waals surface area (Å²) >= 11 is 0. The molecule has 3 amide bonds. The average Bonchev–Trinajstić information content (AvgIpc) is 2.88. The number of carbonyl (C=O) groups excluding carboxylic acids is 3. The van der Waals surface area contributed by atoms with Crippen molar-refractivity contribution in [2.45, 2.75) is 58.8 Å². The molecule has 0 radical (unpaired) electrons. The number of amides is 3. The number of alkyl carbamates (subject to hydrolysis) is 2. The molecule has 11 heteroatoms. The van der Waals surface area contributed by atoms with Crippen molar-refractivity contribution in [2.24, 2.45) is 5.41 Å². The van der Waals surface area contributed by atoms with E-state index in [0.717, 1.165) is 5.56 Å². The SMILES string of the molecule is CC(C)(C)COC(=O)N[C@@H](Cc1ccc2c(c1)NC(=O)[C@@H](CCCNC(=O)OCc1ccccc1)O2)C(=O)O. The summed E-state index contributed by atoms with van der Waals surface area (Å²) in [4.78, 5) is 48.2. The van der Waals surface area contributed by atoms with Crippen molar-refractivity contribution in [1.29, 1.82) is 0 Å². The summed E-state index contributed by atoms with van der Waals surface area (Å²) in [6.45, 7) is 6.31. The number of carbonyl (C=O) groups is 4. The fraction of sp³-hybridized carbons (Fsp3) is 0.429. The van der Waals surface area contributed by atoms with Gasteiger partial charge in [0.15, 0.2) is 6.10 Å². The van der Waals surface area contributed by atoms with E-state index in [0.29, 0.717) is 36.4 Å². The normalized spacial score (nSPS) is 15.2. The van der Waals surface area contributed by atoms with Crippen LogP contribution in [0.5, 0.6) is 5.75 Å². The molecule has 2 aromatic carbocycles. The van der Waals surface area contributed by atoms with Crippen LogP contribution < -0.4 is 20.7 Å². The van der Waals surface area contributed by atoms with Gasteiger partial charge in [-0.05, 0) is 41.5 Å². The van der Waals surface area contributed by atoms with E-state index in [1.54, 1.807) is 18.2 Å². The molecule has 1 heterocycles. The third-order valence-corrected chi connectivity index (χ3v) is 5.65. The summed E-state index contributed by atoms with van der Waals surface area (Å²) in [5.41, 5.74) is 1.62. The summed E-state index contributed by atoms with van der Waals surface area (Å²) in [5, 5.41) is 17.4. The van der Waals surface area contributed by atoms with Gasteiger partial charge in [0.05, 0.1) is 12.3 Å². The highest BCUT2D eigenvalue weighted by atomic mass is 16.6. The van der Waals surface area contributed by atoms with Crippen LogP contribution in [0.25, 0.3) is 0 Å². The van der Waals surface area contributed by atoms with Gasteiger partial charge in [0.1, 0.15) is 18.4 Å². The minimum atomic E-state index is -1.21. The zero-order valence-electron chi connectivity index (χ0n) is 22.3. The Morgan fingerprint density at radius 2 is 1.79 bits per heavy atom. The van der Waals surface area contributed by atoms with Crippen molar-refractivity contribution in [3.8, 4) is 5.75 Å². The highest BCUT2D eigenvalue weighted by Crippen LogP contribution is 2.32. The van der Waals surface area contributed by atoms with Gasteiger partial charge < -0.3 is 35.3 Å². The fourth-order valence-corrected chi connectivity index (χ4v) is 3.67. The predicted octanol–water partition coefficient (Wildman–Crippen LogP) is 3.86. The smallest absolute Gasteiger partial charge is 0.407 e. The quantitative estimate of drug-likeness (QED) is 0.313. The zero-order chi connectivity index (χ0) is 28.4. The second kappa shape index (κ2) is 13.5. The minimum Gasteiger partial charge on any atom is -0.480 e. The van der Waals surface area contributed by atoms with Crippen molar-refractivity contribution in [2.75, 3.05) is 18.5 Å². The number of fused-ring (bicyclic) bond motifs is 1. The topological polar surface area (TPSA) is 152 Å². The molecule has 0 unspecified atom stereocenters. The number of hydrogen-bond acceptors (Lipinski definition) is 7. The number of rotatable bonds is 11. The Hall–Kier alpha value is -4.28. The number of aliphatic carboxylic acids is 1. The molecule has 0 aromatic heterocycles. The number of carboxylic acids is 1. The van der Waals surface area contributed by atoms with Crippen molar-refractivity contribution in [3.05, 3.63) is 59.7 Å². The standard InChI is InChI=1S/C28H35N3O8/c1-28(2,3)17-38-27(36)31-21(25(33)34)15-19-11-12-22-20(14-19)30-24(32)23(39-22)10-7-13-29-26(35)37-16-18-8-5-4-6-9-18/h4-6,8-9,11-12,14,21,23H,7,10,13,15-17H2,1-3H3,(H,29,35)(H,30,32)(H,31,36)(H,33,34)/t21-,23+/m0/s1. The summed E-state index contributed by atoms with van der Waals surface area (Å²) in [5.74, 6) is -1.11. The lowest BCUT2D eigenvalue weighted by molar-refractivity contribution is -0.139. The van der Waals surface area contributed by atoms with E-state index in [1.165, 1.54) is 0 Å². The number of carboxylic acid groups (broad SMARTS) is 1. The average molecular weight is 542 g/mol. The first-order valence-electron chi connectivity index (χ1n) is 12.7. The van der Waals surface area contributed by atoms with Gasteiger partial charge in [-0.3, -0.25) is 4.79 Å². The summed E-state index contributed by atoms with van der Waals surface area (Å²) in [7, 11) is 0. The first kappa shape index (κ1) is 29.3. The van der Waals surface area contributed by atoms with Crippen molar-refractivity contribution in [1.82, 2.24) is 10.6 Å². The zero-order valence-corrected chi connectivity index (χ0v) is 22.3. The van der Waals surface area contributed by atoms with Gasteiger partial charge in [-0.25, -0.2) is 14.4 Å². The molecule has 0 fully saturated rings. The molecule has 3 rings (SSSR count). The van der Waals surface area contributed by atoms with Gasteiger partial charge in [-0.2, -0.15) is 0 Å². The number of nitrogens with one attached hydrogen (secondary N) is 3. The summed E-state index contributed by atoms with van der Waals surface area (Å²) in [6.07, 6.45) is -1.25. The number of ether oxygens (including phenoxy) is 3. The van der Waals surface area contributed by atoms with Gasteiger partial charge in [0, 0.05) is 13.0 Å². The molecule has 0 aliphatic carbocycles. The Labute approximate surface area is 227 Å². The maximum absolute atomic E-state index is 12.6. The monoisotopic (exact) mass is 541 g/mol. The maximum atomic E-state index is 12.6. The molecule has 0 saturated carbocycles. The van der Waals surface area contributed by atoms with E-state index in [1.807, 2.05) is 51.1 Å². The van der Waals surface area contributed by atoms with Gasteiger partial charge in [-0.1, -0.05) is 57.2 Å². The van der Waals surface area contributed by atoms with Gasteiger partial charge in [0.2, 0.25) is 0 Å². The van der Waals surface area contributed by atoms with E-state index in [-0.39, 0.29) is 31.0 Å². The predicted molar refractivity (Wildman–Crippen MR) is 142 cm³/mol. The number of anilines is 1. The highest BCUT2D eigenvalue weighted by molar-refractivity contribution is 5.97. The Morgan fingerprint density at radius 3 is 2.49 bits per heavy atom. The Balaban J connectivity index is 1.45. The van der Waals surface area contributed by atoms with Crippen LogP contribution in [-0.4, -0.2) is 54.5 Å². The van der Waals surface area contributed by atoms with E-state index >= 15 is 0 Å². The Morgan fingerprint density at radius 1 is 1.05 bits per heavy atom. The molecule has 210 valence electrons. The van der Waals surface area contributed by atoms with E-state index < -0.39 is 30.3 Å². The molecule has 0 saturated heterocycles. The molecular weight excluding hydrogens is 506 g/mol. The van der Waals surface area contributed by atoms with Crippen LogP contribution in [0.2, 0.25) is 0 Å². The molecule has 0 spiro atoms. The van der Waals surface area contributed by atoms with E-state index in [9.17, 15) is 24.3 Å². The van der Waals surface area contributed by atoms with Crippen molar-refractivity contribution < 1.29 is 38.5 Å². The van der Waals surface area contributed by atoms with Gasteiger partial charge in [-0.15, -0.1) is 0 Å². The third kappa shape index (κ3) is 9.84. The largest absolute Gasteiger partial charge is 0.480 e. The number of benzene rings is 2. The lowest BCUT2D eigenvalue weighted by Crippen LogP contribution is -2.43. The first-order valence-corrected chi connectivity index (χ1v) is 12.7. The van der Waals surface area contributed by atoms with Crippen LogP contribution in [0.3, 0.4) is 0 Å². The molecule has 4 N–H and O–H groups in total. The van der Waals surface area contributed by atoms with Crippen LogP contribution >= 0.6 is 0 Å². The Kier molecular flexibility index (Phi) is 10.1. The summed E-state index contributed by atoms with van der Waals surface area (Å²) < 4.78 is 16.1. The lowest BCUT2D eigenvalue weighted by Gasteiger charge is -2.26. The van der Waals surface area contributed by atoms with E-state index in [4.69, 9.17) is 14.2 Å². The van der Waals surface area contributed by atoms with Crippen LogP contribution in [-0.2, 0) is 32.1 Å². The maximum Gasteiger partial charge on any atom is 0.407 e. The van der Waals surface area contributed by atoms with E-state index in [2.05, 4.69) is 16.0 Å². The van der Waals surface area contributed by atoms with Crippen LogP contribution in [0.15, 0.2) is 48.5 Å². The number of hydrogen-bond donors (Lipinski definition) is 4. The van der Waals surface area contributed by atoms with Crippen LogP contribution in [0.4, 0.5) is 15.3 Å². The highest BCUT2D eigenvalue weighted by Gasteiger charge is 2.28. The second-order valence-electron chi connectivity index (χ2n) is 10.4. The lowest BCUT2D eigenvalue weighted by atomic mass is 9.99. The third-order valence-electron chi connectivity index (χ3n) is 5.65. The van der Waals surface area contributed by atoms with Gasteiger partial charge in [0.25, 0.3) is 5.91 Å². The Bertz CT molecular complexity index is 1160. The molecular formula is C28H35N3O8. The fourth-order valence-electron chi connectivity index (χ4n) is 3.67. The molecule has 39 heavy (non-hydrogen) atoms. The van der Waals surface area contributed by atoms with Crippen LogP contribution in [0, 0.1) is 5.41 Å². The molecule has 0 bridgehead atoms. The van der Waals surface area contributed by atoms with Gasteiger partial charge >= 0.3 is 18.2 Å². The molecule has 2 atom stereocenters.